The Kier molecular flexibility index (Phi) is 7.44. The molecule has 0 radical (unpaired) electrons. The van der Waals surface area contributed by atoms with Gasteiger partial charge in [-0.3, -0.25) is 9.20 Å². The van der Waals surface area contributed by atoms with Crippen LogP contribution in [0.15, 0.2) is 54.9 Å². The zero-order valence-corrected chi connectivity index (χ0v) is 21.4. The number of anilines is 2. The van der Waals surface area contributed by atoms with E-state index in [0.29, 0.717) is 41.4 Å². The average molecular weight is 571 g/mol. The summed E-state index contributed by atoms with van der Waals surface area (Å²) in [6.45, 7) is 0.502. The minimum atomic E-state index is -4.49. The molecular weight excluding hydrogens is 547 g/mol. The molecule has 212 valence electrons. The predicted octanol–water partition coefficient (Wildman–Crippen LogP) is 5.08. The maximum atomic E-state index is 13.6. The number of likely N-dealkylation sites (tertiary alicyclic amines) is 1. The third kappa shape index (κ3) is 6.34. The molecule has 1 aromatic carbocycles. The number of aromatic nitrogens is 4. The van der Waals surface area contributed by atoms with Crippen LogP contribution < -0.4 is 10.6 Å². The van der Waals surface area contributed by atoms with Crippen LogP contribution in [0.3, 0.4) is 0 Å². The Balaban J connectivity index is 1.40. The second-order valence-corrected chi connectivity index (χ2v) is 9.44. The number of imidazole rings is 1. The van der Waals surface area contributed by atoms with Crippen LogP contribution >= 0.6 is 0 Å². The van der Waals surface area contributed by atoms with Gasteiger partial charge in [-0.25, -0.2) is 23.7 Å². The van der Waals surface area contributed by atoms with E-state index < -0.39 is 36.4 Å². The van der Waals surface area contributed by atoms with Gasteiger partial charge in [0.2, 0.25) is 5.95 Å². The number of carbonyl (C=O) groups excluding carboxylic acids is 1. The van der Waals surface area contributed by atoms with Gasteiger partial charge in [-0.15, -0.1) is 0 Å². The van der Waals surface area contributed by atoms with Gasteiger partial charge in [-0.1, -0.05) is 12.1 Å². The first-order valence-corrected chi connectivity index (χ1v) is 12.6. The highest BCUT2D eigenvalue weighted by Gasteiger charge is 2.36. The van der Waals surface area contributed by atoms with Crippen LogP contribution in [0.1, 0.15) is 34.5 Å². The van der Waals surface area contributed by atoms with E-state index in [1.807, 2.05) is 6.07 Å². The fourth-order valence-corrected chi connectivity index (χ4v) is 4.32. The summed E-state index contributed by atoms with van der Waals surface area (Å²) in [6.07, 6.45) is -2.47. The molecule has 41 heavy (non-hydrogen) atoms. The highest BCUT2D eigenvalue weighted by Crippen LogP contribution is 2.32. The number of hydrogen-bond donors (Lipinski definition) is 2. The Morgan fingerprint density at radius 3 is 2.37 bits per heavy atom. The highest BCUT2D eigenvalue weighted by atomic mass is 19.4. The SMILES string of the molecule is N#Cc1ccc(NCCNc2nc(-c3ccc(C(F)(F)F)cc3)cc3nc(C(=O)N4CCC(F)(F)CC4)cn23)nc1. The van der Waals surface area contributed by atoms with E-state index in [0.717, 1.165) is 12.1 Å². The summed E-state index contributed by atoms with van der Waals surface area (Å²) in [5.41, 5.74) is 0.664. The van der Waals surface area contributed by atoms with Crippen LogP contribution in [0.25, 0.3) is 16.9 Å². The highest BCUT2D eigenvalue weighted by molar-refractivity contribution is 5.93. The van der Waals surface area contributed by atoms with Crippen molar-refractivity contribution in [3.8, 4) is 17.3 Å². The molecule has 4 aromatic rings. The van der Waals surface area contributed by atoms with Gasteiger partial charge in [0, 0.05) is 63.0 Å². The molecule has 0 spiro atoms. The van der Waals surface area contributed by atoms with Crippen molar-refractivity contribution >= 4 is 23.3 Å². The number of nitriles is 1. The van der Waals surface area contributed by atoms with Crippen LogP contribution in [0.5, 0.6) is 0 Å². The normalized spacial score (nSPS) is 15.0. The van der Waals surface area contributed by atoms with Crippen molar-refractivity contribution in [2.45, 2.75) is 24.9 Å². The summed E-state index contributed by atoms with van der Waals surface area (Å²) in [7, 11) is 0. The molecule has 4 heterocycles. The zero-order chi connectivity index (χ0) is 29.2. The number of rotatable bonds is 7. The fourth-order valence-electron chi connectivity index (χ4n) is 4.32. The molecule has 0 bridgehead atoms. The van der Waals surface area contributed by atoms with E-state index >= 15 is 0 Å². The molecule has 14 heteroatoms. The van der Waals surface area contributed by atoms with Crippen molar-refractivity contribution in [1.82, 2.24) is 24.3 Å². The van der Waals surface area contributed by atoms with E-state index in [4.69, 9.17) is 5.26 Å². The summed E-state index contributed by atoms with van der Waals surface area (Å²) in [5.74, 6) is -2.50. The number of fused-ring (bicyclic) bond motifs is 1. The number of benzene rings is 1. The third-order valence-corrected chi connectivity index (χ3v) is 6.57. The molecule has 9 nitrogen and oxygen atoms in total. The van der Waals surface area contributed by atoms with Gasteiger partial charge in [0.25, 0.3) is 11.8 Å². The monoisotopic (exact) mass is 570 g/mol. The molecular formula is C27H23F5N8O. The van der Waals surface area contributed by atoms with E-state index in [1.165, 1.54) is 39.9 Å². The number of halogens is 5. The van der Waals surface area contributed by atoms with Crippen LogP contribution in [-0.2, 0) is 6.18 Å². The molecule has 1 saturated heterocycles. The zero-order valence-electron chi connectivity index (χ0n) is 21.4. The lowest BCUT2D eigenvalue weighted by Gasteiger charge is -2.31. The molecule has 1 fully saturated rings. The third-order valence-electron chi connectivity index (χ3n) is 6.57. The van der Waals surface area contributed by atoms with Gasteiger partial charge >= 0.3 is 6.18 Å². The van der Waals surface area contributed by atoms with E-state index in [2.05, 4.69) is 25.6 Å². The average Bonchev–Trinajstić information content (AvgIpc) is 3.39. The number of nitrogens with one attached hydrogen (secondary N) is 2. The number of hydrogen-bond acceptors (Lipinski definition) is 7. The van der Waals surface area contributed by atoms with Gasteiger partial charge in [-0.05, 0) is 24.3 Å². The van der Waals surface area contributed by atoms with Gasteiger partial charge in [0.1, 0.15) is 23.2 Å². The topological polar surface area (TPSA) is 111 Å². The lowest BCUT2D eigenvalue weighted by atomic mass is 10.1. The minimum absolute atomic E-state index is 0.0320. The van der Waals surface area contributed by atoms with Crippen molar-refractivity contribution in [1.29, 1.82) is 5.26 Å². The smallest absolute Gasteiger partial charge is 0.368 e. The Hall–Kier alpha value is -4.80. The maximum absolute atomic E-state index is 13.6. The summed E-state index contributed by atoms with van der Waals surface area (Å²) >= 11 is 0. The van der Waals surface area contributed by atoms with Gasteiger partial charge in [-0.2, -0.15) is 18.4 Å². The summed E-state index contributed by atoms with van der Waals surface area (Å²) in [4.78, 5) is 27.5. The predicted molar refractivity (Wildman–Crippen MR) is 139 cm³/mol. The molecule has 2 N–H and O–H groups in total. The van der Waals surface area contributed by atoms with E-state index in [-0.39, 0.29) is 24.7 Å². The van der Waals surface area contributed by atoms with E-state index in [1.54, 1.807) is 12.1 Å². The van der Waals surface area contributed by atoms with Crippen molar-refractivity contribution in [2.75, 3.05) is 36.8 Å². The van der Waals surface area contributed by atoms with Crippen molar-refractivity contribution < 1.29 is 26.7 Å². The first kappa shape index (κ1) is 27.8. The second kappa shape index (κ2) is 11.0. The van der Waals surface area contributed by atoms with Gasteiger partial charge in [0.15, 0.2) is 0 Å². The Morgan fingerprint density at radius 2 is 1.73 bits per heavy atom. The molecule has 3 aromatic heterocycles. The van der Waals surface area contributed by atoms with Crippen molar-refractivity contribution in [3.05, 3.63) is 71.7 Å². The van der Waals surface area contributed by atoms with E-state index in [9.17, 15) is 26.7 Å². The molecule has 1 aliphatic heterocycles. The second-order valence-electron chi connectivity index (χ2n) is 9.44. The molecule has 0 atom stereocenters. The van der Waals surface area contributed by atoms with Crippen LogP contribution in [0, 0.1) is 11.3 Å². The summed E-state index contributed by atoms with van der Waals surface area (Å²) in [5, 5.41) is 15.1. The Labute approximate surface area is 230 Å². The van der Waals surface area contributed by atoms with Crippen molar-refractivity contribution in [3.63, 3.8) is 0 Å². The molecule has 5 rings (SSSR count). The van der Waals surface area contributed by atoms with Crippen LogP contribution in [0.2, 0.25) is 0 Å². The molecule has 0 saturated carbocycles. The standard InChI is InChI=1S/C27H23F5N8O/c28-26(29)7-11-39(12-8-26)24(41)21-16-40-23(37-21)13-20(18-2-4-19(5-3-18)27(30,31)32)38-25(40)35-10-9-34-22-6-1-17(14-33)15-36-22/h1-6,13,15-16H,7-12H2,(H,34,36)(H,35,38). The Morgan fingerprint density at radius 1 is 1.02 bits per heavy atom. The number of amides is 1. The fraction of sp³-hybridized carbons (Fsp3) is 0.296. The maximum Gasteiger partial charge on any atom is 0.416 e. The summed E-state index contributed by atoms with van der Waals surface area (Å²) in [6, 6.07) is 11.3. The quantitative estimate of drug-likeness (QED) is 0.236. The first-order valence-electron chi connectivity index (χ1n) is 12.6. The molecule has 0 unspecified atom stereocenters. The Bertz CT molecular complexity index is 1580. The summed E-state index contributed by atoms with van der Waals surface area (Å²) < 4.78 is 67.9. The molecule has 0 aliphatic carbocycles. The molecule has 1 aliphatic rings. The number of carbonyl (C=O) groups is 1. The number of nitrogens with zero attached hydrogens (tertiary/aromatic N) is 6. The van der Waals surface area contributed by atoms with Crippen LogP contribution in [0.4, 0.5) is 33.7 Å². The molecule has 1 amide bonds. The van der Waals surface area contributed by atoms with Crippen LogP contribution in [-0.4, -0.2) is 62.3 Å². The van der Waals surface area contributed by atoms with Gasteiger partial charge in [0.05, 0.1) is 16.8 Å². The number of alkyl halides is 5. The van der Waals surface area contributed by atoms with Crippen molar-refractivity contribution in [2.24, 2.45) is 0 Å². The number of pyridine rings is 1. The minimum Gasteiger partial charge on any atom is -0.368 e. The lowest BCUT2D eigenvalue weighted by Crippen LogP contribution is -2.42. The largest absolute Gasteiger partial charge is 0.416 e. The number of piperidine rings is 1. The first-order chi connectivity index (χ1) is 19.5. The lowest BCUT2D eigenvalue weighted by molar-refractivity contribution is -0.137. The van der Waals surface area contributed by atoms with Gasteiger partial charge < -0.3 is 15.5 Å².